The van der Waals surface area contributed by atoms with Crippen LogP contribution in [0, 0.1) is 0 Å². The van der Waals surface area contributed by atoms with Crippen molar-refractivity contribution in [3.63, 3.8) is 0 Å². The minimum absolute atomic E-state index is 0.712. The summed E-state index contributed by atoms with van der Waals surface area (Å²) in [6.07, 6.45) is 1.35. The van der Waals surface area contributed by atoms with Crippen molar-refractivity contribution in [3.05, 3.63) is 28.2 Å². The molecule has 0 amide bonds. The van der Waals surface area contributed by atoms with Gasteiger partial charge in [-0.15, -0.1) is 0 Å². The zero-order chi connectivity index (χ0) is 10.7. The summed E-state index contributed by atoms with van der Waals surface area (Å²) in [4.78, 5) is 2.45. The van der Waals surface area contributed by atoms with E-state index in [4.69, 9.17) is 4.74 Å². The average molecular weight is 270 g/mol. The third-order valence-electron chi connectivity index (χ3n) is 2.65. The second kappa shape index (κ2) is 4.99. The van der Waals surface area contributed by atoms with Crippen molar-refractivity contribution in [3.8, 4) is 5.75 Å². The monoisotopic (exact) mass is 269 g/mol. The molecule has 0 bridgehead atoms. The SMILES string of the molecule is CCOc1ccc(CN2CCC2)cc1Br. The van der Waals surface area contributed by atoms with Crippen LogP contribution in [-0.2, 0) is 6.54 Å². The van der Waals surface area contributed by atoms with Crippen LogP contribution in [0.2, 0.25) is 0 Å². The number of likely N-dealkylation sites (tertiary alicyclic amines) is 1. The van der Waals surface area contributed by atoms with Crippen LogP contribution in [0.1, 0.15) is 18.9 Å². The zero-order valence-electron chi connectivity index (χ0n) is 9.00. The van der Waals surface area contributed by atoms with E-state index in [0.29, 0.717) is 6.61 Å². The predicted octanol–water partition coefficient (Wildman–Crippen LogP) is 3.05. The molecule has 3 heteroatoms. The van der Waals surface area contributed by atoms with Crippen LogP contribution >= 0.6 is 15.9 Å². The maximum atomic E-state index is 5.48. The van der Waals surface area contributed by atoms with Gasteiger partial charge in [0.05, 0.1) is 11.1 Å². The predicted molar refractivity (Wildman–Crippen MR) is 65.2 cm³/mol. The van der Waals surface area contributed by atoms with Crippen LogP contribution in [-0.4, -0.2) is 24.6 Å². The van der Waals surface area contributed by atoms with E-state index >= 15 is 0 Å². The molecule has 1 aliphatic heterocycles. The molecule has 0 spiro atoms. The largest absolute Gasteiger partial charge is 0.493 e. The Morgan fingerprint density at radius 1 is 1.40 bits per heavy atom. The molecule has 1 aliphatic rings. The van der Waals surface area contributed by atoms with Crippen molar-refractivity contribution < 1.29 is 4.74 Å². The normalized spacial score (nSPS) is 16.1. The Bertz CT molecular complexity index is 336. The summed E-state index contributed by atoms with van der Waals surface area (Å²) >= 11 is 3.53. The number of halogens is 1. The molecule has 82 valence electrons. The average Bonchev–Trinajstić information content (AvgIpc) is 2.16. The molecule has 0 saturated carbocycles. The van der Waals surface area contributed by atoms with Crippen molar-refractivity contribution >= 4 is 15.9 Å². The van der Waals surface area contributed by atoms with Gasteiger partial charge in [0, 0.05) is 6.54 Å². The molecule has 0 N–H and O–H groups in total. The van der Waals surface area contributed by atoms with Crippen LogP contribution in [0.3, 0.4) is 0 Å². The summed E-state index contributed by atoms with van der Waals surface area (Å²) in [5.41, 5.74) is 1.35. The fourth-order valence-electron chi connectivity index (χ4n) is 1.71. The van der Waals surface area contributed by atoms with Crippen molar-refractivity contribution in [1.82, 2.24) is 4.90 Å². The molecule has 15 heavy (non-hydrogen) atoms. The minimum atomic E-state index is 0.712. The van der Waals surface area contributed by atoms with E-state index in [9.17, 15) is 0 Å². The van der Waals surface area contributed by atoms with Crippen molar-refractivity contribution in [1.29, 1.82) is 0 Å². The lowest BCUT2D eigenvalue weighted by Crippen LogP contribution is -2.36. The van der Waals surface area contributed by atoms with Crippen molar-refractivity contribution in [2.24, 2.45) is 0 Å². The molecule has 0 radical (unpaired) electrons. The standard InChI is InChI=1S/C12H16BrNO/c1-2-15-12-5-4-10(8-11(12)13)9-14-6-3-7-14/h4-5,8H,2-3,6-7,9H2,1H3. The van der Waals surface area contributed by atoms with E-state index in [1.54, 1.807) is 0 Å². The number of hydrogen-bond donors (Lipinski definition) is 0. The molecule has 1 saturated heterocycles. The Kier molecular flexibility index (Phi) is 3.65. The first kappa shape index (κ1) is 11.0. The lowest BCUT2D eigenvalue weighted by atomic mass is 10.1. The van der Waals surface area contributed by atoms with Crippen LogP contribution in [0.15, 0.2) is 22.7 Å². The van der Waals surface area contributed by atoms with Gasteiger partial charge in [0.2, 0.25) is 0 Å². The summed E-state index contributed by atoms with van der Waals surface area (Å²) in [7, 11) is 0. The molecule has 1 aromatic carbocycles. The summed E-state index contributed by atoms with van der Waals surface area (Å²) in [5.74, 6) is 0.935. The molecule has 1 aromatic rings. The van der Waals surface area contributed by atoms with Gasteiger partial charge in [0.25, 0.3) is 0 Å². The van der Waals surface area contributed by atoms with E-state index in [1.165, 1.54) is 25.1 Å². The lowest BCUT2D eigenvalue weighted by molar-refractivity contribution is 0.172. The number of ether oxygens (including phenoxy) is 1. The molecule has 1 fully saturated rings. The highest BCUT2D eigenvalue weighted by Crippen LogP contribution is 2.27. The van der Waals surface area contributed by atoms with Crippen molar-refractivity contribution in [2.75, 3.05) is 19.7 Å². The summed E-state index contributed by atoms with van der Waals surface area (Å²) in [6.45, 7) is 6.26. The van der Waals surface area contributed by atoms with Gasteiger partial charge in [-0.2, -0.15) is 0 Å². The minimum Gasteiger partial charge on any atom is -0.493 e. The van der Waals surface area contributed by atoms with Crippen LogP contribution in [0.5, 0.6) is 5.75 Å². The summed E-state index contributed by atoms with van der Waals surface area (Å²) in [6, 6.07) is 6.35. The van der Waals surface area contributed by atoms with Gasteiger partial charge in [-0.05, 0) is 60.1 Å². The Hall–Kier alpha value is -0.540. The maximum absolute atomic E-state index is 5.48. The van der Waals surface area contributed by atoms with E-state index in [2.05, 4.69) is 33.0 Å². The van der Waals surface area contributed by atoms with Gasteiger partial charge in [-0.25, -0.2) is 0 Å². The van der Waals surface area contributed by atoms with Gasteiger partial charge in [-0.1, -0.05) is 6.07 Å². The van der Waals surface area contributed by atoms with Gasteiger partial charge >= 0.3 is 0 Å². The van der Waals surface area contributed by atoms with E-state index in [0.717, 1.165) is 16.8 Å². The first-order valence-electron chi connectivity index (χ1n) is 5.43. The van der Waals surface area contributed by atoms with E-state index in [-0.39, 0.29) is 0 Å². The molecule has 0 atom stereocenters. The third-order valence-corrected chi connectivity index (χ3v) is 3.27. The summed E-state index contributed by atoms with van der Waals surface area (Å²) in [5, 5.41) is 0. The molecule has 0 unspecified atom stereocenters. The second-order valence-electron chi connectivity index (χ2n) is 3.83. The topological polar surface area (TPSA) is 12.5 Å². The van der Waals surface area contributed by atoms with Crippen LogP contribution in [0.4, 0.5) is 0 Å². The first-order chi connectivity index (χ1) is 7.29. The molecule has 0 aliphatic carbocycles. The molecular formula is C12H16BrNO. The number of rotatable bonds is 4. The number of benzene rings is 1. The highest BCUT2D eigenvalue weighted by Gasteiger charge is 2.14. The highest BCUT2D eigenvalue weighted by atomic mass is 79.9. The quantitative estimate of drug-likeness (QED) is 0.833. The first-order valence-corrected chi connectivity index (χ1v) is 6.22. The van der Waals surface area contributed by atoms with Crippen LogP contribution < -0.4 is 4.74 Å². The van der Waals surface area contributed by atoms with E-state index < -0.39 is 0 Å². The Morgan fingerprint density at radius 3 is 2.73 bits per heavy atom. The molecule has 2 rings (SSSR count). The fraction of sp³-hybridized carbons (Fsp3) is 0.500. The fourth-order valence-corrected chi connectivity index (χ4v) is 2.25. The second-order valence-corrected chi connectivity index (χ2v) is 4.68. The van der Waals surface area contributed by atoms with Gasteiger partial charge in [0.1, 0.15) is 5.75 Å². The van der Waals surface area contributed by atoms with Gasteiger partial charge in [-0.3, -0.25) is 4.90 Å². The molecule has 0 aromatic heterocycles. The van der Waals surface area contributed by atoms with Gasteiger partial charge < -0.3 is 4.74 Å². The third kappa shape index (κ3) is 2.73. The Labute approximate surface area is 99.4 Å². The molecular weight excluding hydrogens is 254 g/mol. The van der Waals surface area contributed by atoms with Gasteiger partial charge in [0.15, 0.2) is 0 Å². The smallest absolute Gasteiger partial charge is 0.133 e. The molecule has 1 heterocycles. The summed E-state index contributed by atoms with van der Waals surface area (Å²) < 4.78 is 6.53. The maximum Gasteiger partial charge on any atom is 0.133 e. The Morgan fingerprint density at radius 2 is 2.20 bits per heavy atom. The molecule has 2 nitrogen and oxygen atoms in total. The van der Waals surface area contributed by atoms with Crippen molar-refractivity contribution in [2.45, 2.75) is 19.9 Å². The number of hydrogen-bond acceptors (Lipinski definition) is 2. The lowest BCUT2D eigenvalue weighted by Gasteiger charge is -2.30. The zero-order valence-corrected chi connectivity index (χ0v) is 10.6. The van der Waals surface area contributed by atoms with E-state index in [1.807, 2.05) is 13.0 Å². The Balaban J connectivity index is 2.03. The number of nitrogens with zero attached hydrogens (tertiary/aromatic N) is 1. The highest BCUT2D eigenvalue weighted by molar-refractivity contribution is 9.10. The van der Waals surface area contributed by atoms with Crippen LogP contribution in [0.25, 0.3) is 0 Å².